The van der Waals surface area contributed by atoms with Gasteiger partial charge in [0.2, 0.25) is 0 Å². The number of aromatic nitrogens is 2. The van der Waals surface area contributed by atoms with Crippen molar-refractivity contribution >= 4 is 25.3 Å². The Labute approximate surface area is 176 Å². The van der Waals surface area contributed by atoms with Gasteiger partial charge in [-0.3, -0.25) is 23.7 Å². The molecule has 1 aliphatic rings. The van der Waals surface area contributed by atoms with E-state index < -0.39 is 67.0 Å². The number of carbonyl (C=O) groups is 1. The quantitative estimate of drug-likeness (QED) is 0.228. The van der Waals surface area contributed by atoms with Gasteiger partial charge in [0, 0.05) is 12.3 Å². The molecular formula is C16H25ClN3O9P. The third-order valence-corrected chi connectivity index (χ3v) is 5.92. The molecule has 4 N–H and O–H groups in total. The zero-order valence-corrected chi connectivity index (χ0v) is 18.4. The third-order valence-electron chi connectivity index (χ3n) is 4.30. The summed E-state index contributed by atoms with van der Waals surface area (Å²) in [5.74, 6) is -0.745. The molecule has 170 valence electrons. The molecule has 1 aromatic heterocycles. The number of halogens is 1. The maximum atomic E-state index is 12.2. The lowest BCUT2D eigenvalue weighted by atomic mass is 10.0. The van der Waals surface area contributed by atoms with Gasteiger partial charge in [0.25, 0.3) is 5.56 Å². The number of hydrogen-bond donors (Lipinski definition) is 4. The molecule has 6 atom stereocenters. The van der Waals surface area contributed by atoms with Gasteiger partial charge in [0.15, 0.2) is 6.23 Å². The fourth-order valence-electron chi connectivity index (χ4n) is 2.81. The van der Waals surface area contributed by atoms with Crippen molar-refractivity contribution in [3.05, 3.63) is 33.1 Å². The van der Waals surface area contributed by atoms with E-state index in [0.717, 1.165) is 16.8 Å². The first kappa shape index (κ1) is 24.7. The second-order valence-corrected chi connectivity index (χ2v) is 9.66. The Morgan fingerprint density at radius 3 is 2.67 bits per heavy atom. The van der Waals surface area contributed by atoms with Crippen LogP contribution >= 0.6 is 19.3 Å². The molecular weight excluding hydrogens is 445 g/mol. The predicted octanol–water partition coefficient (Wildman–Crippen LogP) is -0.161. The van der Waals surface area contributed by atoms with Crippen LogP contribution in [0, 0.1) is 0 Å². The average molecular weight is 470 g/mol. The minimum atomic E-state index is -4.48. The van der Waals surface area contributed by atoms with Gasteiger partial charge in [0.05, 0.1) is 12.7 Å². The summed E-state index contributed by atoms with van der Waals surface area (Å²) in [4.78, 5) is 45.5. The van der Waals surface area contributed by atoms with Crippen molar-refractivity contribution in [3.63, 3.8) is 0 Å². The Kier molecular flexibility index (Phi) is 7.68. The molecule has 1 unspecified atom stereocenters. The van der Waals surface area contributed by atoms with Crippen LogP contribution in [0.4, 0.5) is 0 Å². The van der Waals surface area contributed by atoms with Gasteiger partial charge in [-0.15, -0.1) is 11.6 Å². The minimum Gasteiger partial charge on any atom is -0.462 e. The highest BCUT2D eigenvalue weighted by Gasteiger charge is 2.53. The summed E-state index contributed by atoms with van der Waals surface area (Å²) in [7, 11) is -4.48. The van der Waals surface area contributed by atoms with Crippen molar-refractivity contribution in [3.8, 4) is 0 Å². The topological polar surface area (TPSA) is 169 Å². The van der Waals surface area contributed by atoms with E-state index in [1.807, 2.05) is 4.98 Å². The number of ether oxygens (including phenoxy) is 2. The first-order valence-corrected chi connectivity index (χ1v) is 11.0. The molecule has 1 aliphatic heterocycles. The first-order chi connectivity index (χ1) is 13.7. The Bertz CT molecular complexity index is 931. The van der Waals surface area contributed by atoms with Crippen LogP contribution < -0.4 is 16.3 Å². The number of H-pyrrole nitrogens is 1. The fourth-order valence-corrected chi connectivity index (χ4v) is 4.12. The number of carbonyl (C=O) groups excluding carboxylic acids is 1. The highest BCUT2D eigenvalue weighted by atomic mass is 35.5. The van der Waals surface area contributed by atoms with E-state index >= 15 is 0 Å². The molecule has 0 radical (unpaired) electrons. The van der Waals surface area contributed by atoms with E-state index in [2.05, 4.69) is 5.09 Å². The summed E-state index contributed by atoms with van der Waals surface area (Å²) < 4.78 is 28.7. The van der Waals surface area contributed by atoms with Crippen molar-refractivity contribution in [2.45, 2.75) is 63.2 Å². The SMILES string of the molecule is CC(C)OC(=O)[C@@H](C)NP(=O)(O)OC[C@H]1O[C@@H](n2ccc(=O)[nH]c2=O)[C@](C)(Cl)[C@@H]1O. The van der Waals surface area contributed by atoms with Crippen molar-refractivity contribution in [2.24, 2.45) is 0 Å². The zero-order valence-electron chi connectivity index (χ0n) is 16.8. The van der Waals surface area contributed by atoms with Crippen LogP contribution in [0.3, 0.4) is 0 Å². The number of aliphatic hydroxyl groups is 1. The van der Waals surface area contributed by atoms with Crippen LogP contribution in [-0.2, 0) is 23.4 Å². The summed E-state index contributed by atoms with van der Waals surface area (Å²) in [5.41, 5.74) is -1.43. The van der Waals surface area contributed by atoms with Gasteiger partial charge in [-0.05, 0) is 27.7 Å². The Hall–Kier alpha value is -1.53. The van der Waals surface area contributed by atoms with E-state index in [1.165, 1.54) is 13.8 Å². The minimum absolute atomic E-state index is 0.405. The normalized spacial score (nSPS) is 29.5. The van der Waals surface area contributed by atoms with Crippen LogP contribution in [-0.4, -0.2) is 61.4 Å². The first-order valence-electron chi connectivity index (χ1n) is 9.04. The van der Waals surface area contributed by atoms with Crippen molar-refractivity contribution in [2.75, 3.05) is 6.61 Å². The van der Waals surface area contributed by atoms with Crippen LogP contribution in [0.1, 0.15) is 33.9 Å². The number of rotatable bonds is 8. The second-order valence-electron chi connectivity index (χ2n) is 7.29. The number of hydrogen-bond acceptors (Lipinski definition) is 8. The fraction of sp³-hybridized carbons (Fsp3) is 0.688. The van der Waals surface area contributed by atoms with Crippen molar-refractivity contribution in [1.29, 1.82) is 0 Å². The molecule has 0 amide bonds. The molecule has 30 heavy (non-hydrogen) atoms. The summed E-state index contributed by atoms with van der Waals surface area (Å²) >= 11 is 6.36. The van der Waals surface area contributed by atoms with Gasteiger partial charge in [-0.1, -0.05) is 0 Å². The Morgan fingerprint density at radius 2 is 2.10 bits per heavy atom. The summed E-state index contributed by atoms with van der Waals surface area (Å²) in [6.07, 6.45) is -3.03. The van der Waals surface area contributed by atoms with Crippen LogP contribution in [0.5, 0.6) is 0 Å². The second kappa shape index (κ2) is 9.31. The molecule has 1 fully saturated rings. The summed E-state index contributed by atoms with van der Waals surface area (Å²) in [6.45, 7) is 5.41. The number of alkyl halides is 1. The molecule has 0 aromatic carbocycles. The molecule has 14 heteroatoms. The number of nitrogens with zero attached hydrogens (tertiary/aromatic N) is 1. The molecule has 0 spiro atoms. The Balaban J connectivity index is 2.06. The van der Waals surface area contributed by atoms with Crippen LogP contribution in [0.25, 0.3) is 0 Å². The molecule has 0 bridgehead atoms. The van der Waals surface area contributed by atoms with Gasteiger partial charge >= 0.3 is 19.4 Å². The number of aromatic amines is 1. The molecule has 0 aliphatic carbocycles. The van der Waals surface area contributed by atoms with Crippen LogP contribution in [0.2, 0.25) is 0 Å². The molecule has 2 heterocycles. The van der Waals surface area contributed by atoms with Crippen molar-refractivity contribution < 1.29 is 33.4 Å². The number of aliphatic hydroxyl groups excluding tert-OH is 1. The molecule has 12 nitrogen and oxygen atoms in total. The van der Waals surface area contributed by atoms with Crippen LogP contribution in [0.15, 0.2) is 21.9 Å². The lowest BCUT2D eigenvalue weighted by molar-refractivity contribution is -0.149. The lowest BCUT2D eigenvalue weighted by Crippen LogP contribution is -2.43. The molecule has 2 rings (SSSR count). The third kappa shape index (κ3) is 5.79. The van der Waals surface area contributed by atoms with Gasteiger partial charge in [-0.25, -0.2) is 14.4 Å². The standard InChI is InChI=1S/C16H25ClN3O9P/c1-8(2)28-13(23)9(3)19-30(25,26)27-7-10-12(22)16(4,17)14(29-10)20-6-5-11(21)18-15(20)24/h5-6,8-10,12,14,22H,7H2,1-4H3,(H,18,21,24)(H2,19,25,26)/t9-,10-,12-,14-,16-/m1/s1. The van der Waals surface area contributed by atoms with Gasteiger partial charge < -0.3 is 19.5 Å². The monoisotopic (exact) mass is 469 g/mol. The maximum absolute atomic E-state index is 12.2. The molecule has 1 aromatic rings. The van der Waals surface area contributed by atoms with Gasteiger partial charge in [0.1, 0.15) is 23.1 Å². The highest BCUT2D eigenvalue weighted by Crippen LogP contribution is 2.45. The predicted molar refractivity (Wildman–Crippen MR) is 105 cm³/mol. The highest BCUT2D eigenvalue weighted by molar-refractivity contribution is 7.50. The van der Waals surface area contributed by atoms with E-state index in [0.29, 0.717) is 0 Å². The zero-order chi connectivity index (χ0) is 22.9. The van der Waals surface area contributed by atoms with E-state index in [9.17, 15) is 28.9 Å². The number of esters is 1. The van der Waals surface area contributed by atoms with Crippen molar-refractivity contribution in [1.82, 2.24) is 14.6 Å². The van der Waals surface area contributed by atoms with Gasteiger partial charge in [-0.2, -0.15) is 0 Å². The molecule has 0 saturated carbocycles. The van der Waals surface area contributed by atoms with E-state index in [-0.39, 0.29) is 0 Å². The average Bonchev–Trinajstić information content (AvgIpc) is 2.82. The number of nitrogens with one attached hydrogen (secondary N) is 2. The maximum Gasteiger partial charge on any atom is 0.403 e. The Morgan fingerprint density at radius 1 is 1.47 bits per heavy atom. The summed E-state index contributed by atoms with van der Waals surface area (Å²) in [5, 5.41) is 12.6. The largest absolute Gasteiger partial charge is 0.462 e. The lowest BCUT2D eigenvalue weighted by Gasteiger charge is -2.26. The van der Waals surface area contributed by atoms with E-state index in [1.54, 1.807) is 13.8 Å². The smallest absolute Gasteiger partial charge is 0.403 e. The van der Waals surface area contributed by atoms with E-state index in [4.69, 9.17) is 25.6 Å². The molecule has 1 saturated heterocycles. The summed E-state index contributed by atoms with van der Waals surface area (Å²) in [6, 6.07) is -0.0550.